The third-order valence-corrected chi connectivity index (χ3v) is 4.54. The molecule has 21 heavy (non-hydrogen) atoms. The highest BCUT2D eigenvalue weighted by Gasteiger charge is 2.26. The van der Waals surface area contributed by atoms with Gasteiger partial charge in [-0.25, -0.2) is 12.8 Å². The van der Waals surface area contributed by atoms with E-state index < -0.39 is 29.1 Å². The number of halogens is 1. The predicted molar refractivity (Wildman–Crippen MR) is 75.3 cm³/mol. The van der Waals surface area contributed by atoms with E-state index in [1.165, 1.54) is 0 Å². The second-order valence-corrected chi connectivity index (χ2v) is 5.90. The highest BCUT2D eigenvalue weighted by atomic mass is 32.2. The van der Waals surface area contributed by atoms with Crippen LogP contribution in [0.2, 0.25) is 0 Å². The van der Waals surface area contributed by atoms with Gasteiger partial charge in [0.25, 0.3) is 0 Å². The molecule has 0 amide bonds. The van der Waals surface area contributed by atoms with E-state index in [1.54, 1.807) is 0 Å². The average molecular weight is 316 g/mol. The molecule has 0 aromatic heterocycles. The SMILES string of the molecule is NCC#Cc1cc(F)ccc1S(=O)(=O)N(CCO)CCO. The number of benzene rings is 1. The third-order valence-electron chi connectivity index (χ3n) is 2.58. The minimum absolute atomic E-state index is 0.00694. The number of rotatable bonds is 6. The maximum Gasteiger partial charge on any atom is 0.244 e. The molecule has 0 atom stereocenters. The Labute approximate surface area is 123 Å². The van der Waals surface area contributed by atoms with Crippen molar-refractivity contribution in [1.29, 1.82) is 0 Å². The molecule has 0 unspecified atom stereocenters. The van der Waals surface area contributed by atoms with Gasteiger partial charge in [0, 0.05) is 18.7 Å². The van der Waals surface area contributed by atoms with Crippen LogP contribution in [0.4, 0.5) is 4.39 Å². The summed E-state index contributed by atoms with van der Waals surface area (Å²) in [6, 6.07) is 3.12. The van der Waals surface area contributed by atoms with E-state index >= 15 is 0 Å². The Morgan fingerprint density at radius 2 is 1.86 bits per heavy atom. The average Bonchev–Trinajstić information content (AvgIpc) is 2.44. The molecule has 1 rings (SSSR count). The van der Waals surface area contributed by atoms with Crippen molar-refractivity contribution in [2.24, 2.45) is 5.73 Å². The molecule has 0 radical (unpaired) electrons. The van der Waals surface area contributed by atoms with Crippen LogP contribution < -0.4 is 5.73 Å². The van der Waals surface area contributed by atoms with Gasteiger partial charge in [-0.3, -0.25) is 0 Å². The fourth-order valence-electron chi connectivity index (χ4n) is 1.69. The molecule has 1 aromatic rings. The van der Waals surface area contributed by atoms with Crippen molar-refractivity contribution in [3.05, 3.63) is 29.6 Å². The van der Waals surface area contributed by atoms with Gasteiger partial charge in [-0.1, -0.05) is 11.8 Å². The van der Waals surface area contributed by atoms with Crippen LogP contribution in [0.5, 0.6) is 0 Å². The van der Waals surface area contributed by atoms with E-state index in [0.717, 1.165) is 22.5 Å². The molecule has 0 saturated carbocycles. The molecule has 8 heteroatoms. The summed E-state index contributed by atoms with van der Waals surface area (Å²) in [5.74, 6) is 4.37. The Kier molecular flexibility index (Phi) is 6.74. The van der Waals surface area contributed by atoms with Crippen LogP contribution >= 0.6 is 0 Å². The van der Waals surface area contributed by atoms with Crippen LogP contribution in [0, 0.1) is 17.7 Å². The maximum atomic E-state index is 13.3. The van der Waals surface area contributed by atoms with Gasteiger partial charge in [-0.15, -0.1) is 0 Å². The Hall–Kier alpha value is -1.50. The Balaban J connectivity index is 3.35. The molecular weight excluding hydrogens is 299 g/mol. The Bertz CT molecular complexity index is 631. The first-order chi connectivity index (χ1) is 9.97. The molecular formula is C13H17FN2O4S. The zero-order chi connectivity index (χ0) is 15.9. The molecule has 0 aliphatic heterocycles. The lowest BCUT2D eigenvalue weighted by Crippen LogP contribution is -2.36. The summed E-state index contributed by atoms with van der Waals surface area (Å²) in [7, 11) is -4.00. The summed E-state index contributed by atoms with van der Waals surface area (Å²) in [6.07, 6.45) is 0. The first-order valence-electron chi connectivity index (χ1n) is 6.17. The number of hydrogen-bond acceptors (Lipinski definition) is 5. The second kappa shape index (κ2) is 8.07. The first kappa shape index (κ1) is 17.6. The van der Waals surface area contributed by atoms with Gasteiger partial charge in [0.2, 0.25) is 10.0 Å². The lowest BCUT2D eigenvalue weighted by atomic mass is 10.2. The van der Waals surface area contributed by atoms with Gasteiger partial charge < -0.3 is 15.9 Å². The van der Waals surface area contributed by atoms with E-state index in [0.29, 0.717) is 0 Å². The fraction of sp³-hybridized carbons (Fsp3) is 0.385. The molecule has 1 aromatic carbocycles. The number of nitrogens with zero attached hydrogens (tertiary/aromatic N) is 1. The molecule has 0 saturated heterocycles. The highest BCUT2D eigenvalue weighted by Crippen LogP contribution is 2.20. The van der Waals surface area contributed by atoms with Gasteiger partial charge in [-0.2, -0.15) is 4.31 Å². The summed E-state index contributed by atoms with van der Waals surface area (Å²) in [6.45, 7) is -1.14. The maximum absolute atomic E-state index is 13.3. The van der Waals surface area contributed by atoms with Gasteiger partial charge in [-0.05, 0) is 18.2 Å². The molecule has 0 aliphatic rings. The van der Waals surface area contributed by atoms with Crippen LogP contribution in [0.15, 0.2) is 23.1 Å². The number of nitrogens with two attached hydrogens (primary N) is 1. The van der Waals surface area contributed by atoms with Crippen LogP contribution in [0.25, 0.3) is 0 Å². The number of aliphatic hydroxyl groups is 2. The standard InChI is InChI=1S/C13H17FN2O4S/c14-12-3-4-13(11(10-12)2-1-5-15)21(19,20)16(6-8-17)7-9-18/h3-4,10,17-18H,5-9,15H2. The summed E-state index contributed by atoms with van der Waals surface area (Å²) in [4.78, 5) is -0.188. The topological polar surface area (TPSA) is 104 Å². The van der Waals surface area contributed by atoms with Crippen molar-refractivity contribution >= 4 is 10.0 Å². The smallest absolute Gasteiger partial charge is 0.244 e. The monoisotopic (exact) mass is 316 g/mol. The fourth-order valence-corrected chi connectivity index (χ4v) is 3.24. The summed E-state index contributed by atoms with van der Waals surface area (Å²) in [5, 5.41) is 17.9. The van der Waals surface area contributed by atoms with Gasteiger partial charge in [0.15, 0.2) is 0 Å². The van der Waals surface area contributed by atoms with Gasteiger partial charge in [0.1, 0.15) is 5.82 Å². The Morgan fingerprint density at radius 3 is 2.38 bits per heavy atom. The highest BCUT2D eigenvalue weighted by molar-refractivity contribution is 7.89. The summed E-state index contributed by atoms with van der Waals surface area (Å²) in [5.41, 5.74) is 5.22. The Morgan fingerprint density at radius 1 is 1.24 bits per heavy atom. The zero-order valence-corrected chi connectivity index (χ0v) is 12.1. The van der Waals surface area contributed by atoms with Crippen molar-refractivity contribution in [2.75, 3.05) is 32.8 Å². The van der Waals surface area contributed by atoms with Crippen molar-refractivity contribution < 1.29 is 23.0 Å². The molecule has 116 valence electrons. The summed E-state index contributed by atoms with van der Waals surface area (Å²) >= 11 is 0. The van der Waals surface area contributed by atoms with E-state index in [9.17, 15) is 12.8 Å². The van der Waals surface area contributed by atoms with Crippen LogP contribution in [0.1, 0.15) is 5.56 Å². The minimum Gasteiger partial charge on any atom is -0.395 e. The number of hydrogen-bond donors (Lipinski definition) is 3. The van der Waals surface area contributed by atoms with Crippen molar-refractivity contribution in [2.45, 2.75) is 4.90 Å². The lowest BCUT2D eigenvalue weighted by Gasteiger charge is -2.21. The largest absolute Gasteiger partial charge is 0.395 e. The quantitative estimate of drug-likeness (QED) is 0.591. The van der Waals surface area contributed by atoms with E-state index in [4.69, 9.17) is 15.9 Å². The minimum atomic E-state index is -4.00. The second-order valence-electron chi connectivity index (χ2n) is 4.00. The summed E-state index contributed by atoms with van der Waals surface area (Å²) < 4.78 is 39.2. The van der Waals surface area contributed by atoms with E-state index in [2.05, 4.69) is 11.8 Å². The first-order valence-corrected chi connectivity index (χ1v) is 7.61. The lowest BCUT2D eigenvalue weighted by molar-refractivity contribution is 0.217. The van der Waals surface area contributed by atoms with Crippen LogP contribution in [0.3, 0.4) is 0 Å². The van der Waals surface area contributed by atoms with Crippen LogP contribution in [-0.2, 0) is 10.0 Å². The van der Waals surface area contributed by atoms with Gasteiger partial charge in [0.05, 0.1) is 24.7 Å². The van der Waals surface area contributed by atoms with Gasteiger partial charge >= 0.3 is 0 Å². The van der Waals surface area contributed by atoms with Crippen molar-refractivity contribution in [1.82, 2.24) is 4.31 Å². The zero-order valence-electron chi connectivity index (χ0n) is 11.3. The predicted octanol–water partition coefficient (Wildman–Crippen LogP) is -0.889. The van der Waals surface area contributed by atoms with Crippen molar-refractivity contribution in [3.63, 3.8) is 0 Å². The molecule has 0 fully saturated rings. The normalized spacial score (nSPS) is 11.3. The van der Waals surface area contributed by atoms with Crippen molar-refractivity contribution in [3.8, 4) is 11.8 Å². The molecule has 0 heterocycles. The van der Waals surface area contributed by atoms with Crippen LogP contribution in [-0.4, -0.2) is 55.8 Å². The molecule has 6 nitrogen and oxygen atoms in total. The number of aliphatic hydroxyl groups excluding tert-OH is 2. The molecule has 0 aliphatic carbocycles. The van der Waals surface area contributed by atoms with E-state index in [-0.39, 0.29) is 30.1 Å². The molecule has 4 N–H and O–H groups in total. The number of sulfonamides is 1. The van der Waals surface area contributed by atoms with E-state index in [1.807, 2.05) is 0 Å². The molecule has 0 spiro atoms. The third kappa shape index (κ3) is 4.49. The molecule has 0 bridgehead atoms.